The number of benzene rings is 1. The second-order valence-electron chi connectivity index (χ2n) is 10.6. The number of fused-ring (bicyclic) bond motifs is 1. The SMILES string of the molecule is CC(=O)CC(=O)C(CO)C(CCO)CC1CC(=O)c2c(O)ccc(-c3ccc(CN4CCCC4)o3)c2C1.O.[HH].[HH]. The van der Waals surface area contributed by atoms with E-state index in [1.165, 1.54) is 25.8 Å². The summed E-state index contributed by atoms with van der Waals surface area (Å²) in [6.07, 6.45) is 3.55. The number of aliphatic hydroxyl groups is 2. The monoisotopic (exact) mass is 533 g/mol. The van der Waals surface area contributed by atoms with Crippen LogP contribution in [0.1, 0.15) is 70.0 Å². The summed E-state index contributed by atoms with van der Waals surface area (Å²) in [5.41, 5.74) is 1.81. The maximum Gasteiger partial charge on any atom is 0.167 e. The topological polar surface area (TPSA) is 160 Å². The molecule has 3 unspecified atom stereocenters. The van der Waals surface area contributed by atoms with Crippen molar-refractivity contribution in [2.45, 2.75) is 58.4 Å². The average Bonchev–Trinajstić information content (AvgIpc) is 3.52. The first-order valence-electron chi connectivity index (χ1n) is 13.2. The molecule has 2 aromatic rings. The number of aromatic hydroxyl groups is 1. The van der Waals surface area contributed by atoms with Crippen LogP contribution in [0, 0.1) is 17.8 Å². The smallest absolute Gasteiger partial charge is 0.167 e. The number of likely N-dealkylation sites (tertiary alicyclic amines) is 1. The number of Topliss-reactive ketones (excluding diaryl/α,β-unsaturated/α-hetero) is 3. The normalized spacial score (nSPS) is 19.0. The van der Waals surface area contributed by atoms with Gasteiger partial charge in [-0.05, 0) is 93.8 Å². The first kappa shape index (κ1) is 29.7. The van der Waals surface area contributed by atoms with Crippen molar-refractivity contribution in [3.8, 4) is 17.1 Å². The highest BCUT2D eigenvalue weighted by Gasteiger charge is 2.35. The Labute approximate surface area is 225 Å². The minimum Gasteiger partial charge on any atom is -0.507 e. The van der Waals surface area contributed by atoms with Crippen molar-refractivity contribution >= 4 is 17.3 Å². The van der Waals surface area contributed by atoms with Crippen molar-refractivity contribution in [2.24, 2.45) is 17.8 Å². The lowest BCUT2D eigenvalue weighted by atomic mass is 9.72. The highest BCUT2D eigenvalue weighted by atomic mass is 16.3. The van der Waals surface area contributed by atoms with Gasteiger partial charge < -0.3 is 25.2 Å². The summed E-state index contributed by atoms with van der Waals surface area (Å²) in [5, 5.41) is 30.1. The van der Waals surface area contributed by atoms with Gasteiger partial charge in [-0.15, -0.1) is 0 Å². The lowest BCUT2D eigenvalue weighted by molar-refractivity contribution is -0.131. The van der Waals surface area contributed by atoms with Gasteiger partial charge in [0.25, 0.3) is 0 Å². The number of nitrogens with zero attached hydrogens (tertiary/aromatic N) is 1. The molecule has 212 valence electrons. The average molecular weight is 534 g/mol. The predicted molar refractivity (Wildman–Crippen MR) is 145 cm³/mol. The number of carbonyl (C=O) groups excluding carboxylic acids is 3. The molecule has 4 rings (SSSR count). The van der Waals surface area contributed by atoms with Crippen molar-refractivity contribution in [3.05, 3.63) is 41.2 Å². The fourth-order valence-electron chi connectivity index (χ4n) is 6.02. The molecule has 1 aromatic heterocycles. The number of aliphatic hydroxyl groups excluding tert-OH is 2. The van der Waals surface area contributed by atoms with Gasteiger partial charge in [0.2, 0.25) is 0 Å². The first-order chi connectivity index (χ1) is 17.8. The van der Waals surface area contributed by atoms with E-state index >= 15 is 0 Å². The zero-order valence-electron chi connectivity index (χ0n) is 21.9. The minimum atomic E-state index is -0.769. The highest BCUT2D eigenvalue weighted by molar-refractivity contribution is 6.03. The third-order valence-corrected chi connectivity index (χ3v) is 7.78. The van der Waals surface area contributed by atoms with E-state index in [0.717, 1.165) is 36.5 Å². The van der Waals surface area contributed by atoms with Crippen LogP contribution in [0.2, 0.25) is 0 Å². The Kier molecular flexibility index (Phi) is 10.4. The molecule has 1 aliphatic heterocycles. The molecule has 0 amide bonds. The molecule has 0 spiro atoms. The van der Waals surface area contributed by atoms with E-state index in [0.29, 0.717) is 24.2 Å². The van der Waals surface area contributed by atoms with Crippen LogP contribution in [0.15, 0.2) is 28.7 Å². The van der Waals surface area contributed by atoms with Crippen LogP contribution in [0.25, 0.3) is 11.3 Å². The second-order valence-corrected chi connectivity index (χ2v) is 10.6. The lowest BCUT2D eigenvalue weighted by Crippen LogP contribution is -2.32. The third kappa shape index (κ3) is 6.77. The van der Waals surface area contributed by atoms with E-state index in [4.69, 9.17) is 4.42 Å². The number of ketones is 3. The van der Waals surface area contributed by atoms with Gasteiger partial charge in [-0.1, -0.05) is 0 Å². The number of phenolic OH excluding ortho intramolecular Hbond substituents is 1. The summed E-state index contributed by atoms with van der Waals surface area (Å²) in [6.45, 7) is 3.61. The predicted octanol–water partition coefficient (Wildman–Crippen LogP) is 3.21. The molecule has 0 saturated carbocycles. The van der Waals surface area contributed by atoms with Crippen molar-refractivity contribution in [3.63, 3.8) is 0 Å². The van der Waals surface area contributed by atoms with Gasteiger partial charge >= 0.3 is 0 Å². The van der Waals surface area contributed by atoms with E-state index in [9.17, 15) is 29.7 Å². The van der Waals surface area contributed by atoms with E-state index < -0.39 is 12.5 Å². The molecule has 0 radical (unpaired) electrons. The number of carbonyl (C=O) groups is 3. The maximum atomic E-state index is 13.2. The molecule has 1 aromatic carbocycles. The van der Waals surface area contributed by atoms with Crippen LogP contribution in [0.3, 0.4) is 0 Å². The molecular weight excluding hydrogens is 490 g/mol. The van der Waals surface area contributed by atoms with Gasteiger partial charge in [-0.2, -0.15) is 0 Å². The van der Waals surface area contributed by atoms with Gasteiger partial charge in [0.05, 0.1) is 25.1 Å². The van der Waals surface area contributed by atoms with Crippen LogP contribution in [0.5, 0.6) is 5.75 Å². The number of hydrogen-bond donors (Lipinski definition) is 3. The Hall–Kier alpha value is -2.85. The van der Waals surface area contributed by atoms with E-state index in [1.807, 2.05) is 12.1 Å². The van der Waals surface area contributed by atoms with Crippen LogP contribution < -0.4 is 0 Å². The molecule has 2 heterocycles. The zero-order valence-corrected chi connectivity index (χ0v) is 21.9. The van der Waals surface area contributed by atoms with Gasteiger partial charge in [0.1, 0.15) is 28.8 Å². The molecule has 9 nitrogen and oxygen atoms in total. The van der Waals surface area contributed by atoms with Crippen LogP contribution in [-0.4, -0.2) is 69.3 Å². The number of phenols is 1. The fraction of sp³-hybridized carbons (Fsp3) is 0.552. The van der Waals surface area contributed by atoms with Gasteiger partial charge in [-0.3, -0.25) is 19.3 Å². The van der Waals surface area contributed by atoms with Crippen LogP contribution in [0.4, 0.5) is 0 Å². The molecule has 2 aliphatic rings. The number of rotatable bonds is 12. The van der Waals surface area contributed by atoms with Crippen LogP contribution in [-0.2, 0) is 22.6 Å². The van der Waals surface area contributed by atoms with Crippen molar-refractivity contribution in [1.82, 2.24) is 4.90 Å². The molecular formula is C29H43NO8. The standard InChI is InChI=1S/C29H37NO7.H2O.2H2/c1-18(33)12-26(35)24(17-32)20(8-11-31)13-19-14-23-22(5-6-25(34)29(23)27(36)15-19)28-7-4-21(37-28)16-30-9-2-3-10-30;;;/h4-7,19-20,24,31-32,34H,2-3,8-17H2,1H3;1H2;2*1H. The number of hydrogen-bond acceptors (Lipinski definition) is 8. The minimum absolute atomic E-state index is 0. The summed E-state index contributed by atoms with van der Waals surface area (Å²) in [5.74, 6) is -0.602. The quantitative estimate of drug-likeness (QED) is 0.351. The maximum absolute atomic E-state index is 13.2. The fourth-order valence-corrected chi connectivity index (χ4v) is 6.02. The van der Waals surface area contributed by atoms with Crippen molar-refractivity contribution in [1.29, 1.82) is 0 Å². The summed E-state index contributed by atoms with van der Waals surface area (Å²) >= 11 is 0. The van der Waals surface area contributed by atoms with Crippen molar-refractivity contribution < 1.29 is 42.4 Å². The summed E-state index contributed by atoms with van der Waals surface area (Å²) in [7, 11) is 0. The van der Waals surface area contributed by atoms with Gasteiger partial charge in [0.15, 0.2) is 5.78 Å². The molecule has 1 fully saturated rings. The zero-order chi connectivity index (χ0) is 26.5. The first-order valence-corrected chi connectivity index (χ1v) is 13.2. The van der Waals surface area contributed by atoms with E-state index in [2.05, 4.69) is 4.90 Å². The Bertz CT molecular complexity index is 1150. The highest BCUT2D eigenvalue weighted by Crippen LogP contribution is 2.41. The Balaban J connectivity index is 0.00000267. The Morgan fingerprint density at radius 1 is 1.13 bits per heavy atom. The van der Waals surface area contributed by atoms with E-state index in [1.54, 1.807) is 6.07 Å². The molecule has 1 saturated heterocycles. The molecule has 38 heavy (non-hydrogen) atoms. The lowest BCUT2D eigenvalue weighted by Gasteiger charge is -2.31. The molecule has 3 atom stereocenters. The molecule has 9 heteroatoms. The largest absolute Gasteiger partial charge is 0.507 e. The van der Waals surface area contributed by atoms with E-state index in [-0.39, 0.29) is 69.1 Å². The van der Waals surface area contributed by atoms with Crippen LogP contribution >= 0.6 is 0 Å². The number of furan rings is 1. The summed E-state index contributed by atoms with van der Waals surface area (Å²) in [4.78, 5) is 39.7. The van der Waals surface area contributed by atoms with Crippen molar-refractivity contribution in [2.75, 3.05) is 26.3 Å². The Morgan fingerprint density at radius 3 is 2.53 bits per heavy atom. The Morgan fingerprint density at radius 2 is 1.87 bits per heavy atom. The third-order valence-electron chi connectivity index (χ3n) is 7.78. The van der Waals surface area contributed by atoms with Gasteiger partial charge in [0, 0.05) is 27.4 Å². The second kappa shape index (κ2) is 13.3. The molecule has 0 bridgehead atoms. The summed E-state index contributed by atoms with van der Waals surface area (Å²) in [6, 6.07) is 7.17. The molecule has 5 N–H and O–H groups in total. The summed E-state index contributed by atoms with van der Waals surface area (Å²) < 4.78 is 6.17. The van der Waals surface area contributed by atoms with Gasteiger partial charge in [-0.25, -0.2) is 0 Å². The molecule has 1 aliphatic carbocycles.